The molecule has 0 spiro atoms. The van der Waals surface area contributed by atoms with Crippen molar-refractivity contribution in [1.29, 1.82) is 0 Å². The van der Waals surface area contributed by atoms with E-state index >= 15 is 0 Å². The zero-order valence-electron chi connectivity index (χ0n) is 17.9. The summed E-state index contributed by atoms with van der Waals surface area (Å²) in [5.74, 6) is -0.525. The Labute approximate surface area is 186 Å². The SMILES string of the molecule is CC1(C)CN(C(=O)c2ccc(NC(=O)CC3SC(N4CCCC4)=NC3=O)cc2)CCO1. The molecule has 0 saturated carbocycles. The normalized spacial score (nSPS) is 23.1. The summed E-state index contributed by atoms with van der Waals surface area (Å²) in [5.41, 5.74) is 0.816. The smallest absolute Gasteiger partial charge is 0.262 e. The van der Waals surface area contributed by atoms with Crippen LogP contribution in [0.5, 0.6) is 0 Å². The van der Waals surface area contributed by atoms with Crippen LogP contribution < -0.4 is 5.32 Å². The molecule has 0 radical (unpaired) electrons. The Kier molecular flexibility index (Phi) is 6.34. The van der Waals surface area contributed by atoms with Gasteiger partial charge in [-0.25, -0.2) is 0 Å². The topological polar surface area (TPSA) is 91.3 Å². The molecule has 2 saturated heterocycles. The number of hydrogen-bond acceptors (Lipinski definition) is 6. The molecule has 1 atom stereocenters. The van der Waals surface area contributed by atoms with Crippen molar-refractivity contribution in [2.24, 2.45) is 4.99 Å². The first-order valence-electron chi connectivity index (χ1n) is 10.7. The van der Waals surface area contributed by atoms with Crippen molar-refractivity contribution in [3.8, 4) is 0 Å². The molecular formula is C22H28N4O4S. The first-order chi connectivity index (χ1) is 14.8. The lowest BCUT2D eigenvalue weighted by atomic mass is 10.1. The number of nitrogens with one attached hydrogen (secondary N) is 1. The number of ether oxygens (including phenoxy) is 1. The number of morpholine rings is 1. The van der Waals surface area contributed by atoms with Crippen LogP contribution in [0.15, 0.2) is 29.3 Å². The number of aliphatic imine (C=N–C) groups is 1. The fourth-order valence-electron chi connectivity index (χ4n) is 4.00. The fraction of sp³-hybridized carbons (Fsp3) is 0.545. The molecule has 0 bridgehead atoms. The number of carbonyl (C=O) groups is 3. The summed E-state index contributed by atoms with van der Waals surface area (Å²) < 4.78 is 5.66. The summed E-state index contributed by atoms with van der Waals surface area (Å²) in [6.07, 6.45) is 2.30. The number of amidine groups is 1. The highest BCUT2D eigenvalue weighted by Gasteiger charge is 2.34. The Bertz CT molecular complexity index is 893. The standard InChI is InChI=1S/C22H28N4O4S/c1-22(2)14-26(11-12-30-22)20(29)15-5-7-16(8-6-15)23-18(27)13-17-19(28)24-21(31-17)25-9-3-4-10-25/h5-8,17H,3-4,9-14H2,1-2H3,(H,23,27). The molecule has 8 nitrogen and oxygen atoms in total. The number of benzene rings is 1. The highest BCUT2D eigenvalue weighted by Crippen LogP contribution is 2.29. The quantitative estimate of drug-likeness (QED) is 0.767. The van der Waals surface area contributed by atoms with Gasteiger partial charge in [0.05, 0.1) is 12.2 Å². The second-order valence-corrected chi connectivity index (χ2v) is 9.87. The molecule has 1 N–H and O–H groups in total. The maximum absolute atomic E-state index is 12.8. The monoisotopic (exact) mass is 444 g/mol. The number of hydrogen-bond donors (Lipinski definition) is 1. The highest BCUT2D eigenvalue weighted by molar-refractivity contribution is 8.15. The molecule has 166 valence electrons. The molecule has 0 aromatic heterocycles. The fourth-order valence-corrected chi connectivity index (χ4v) is 5.12. The minimum Gasteiger partial charge on any atom is -0.372 e. The van der Waals surface area contributed by atoms with Gasteiger partial charge in [0.25, 0.3) is 11.8 Å². The van der Waals surface area contributed by atoms with Gasteiger partial charge < -0.3 is 19.9 Å². The number of thioether (sulfide) groups is 1. The lowest BCUT2D eigenvalue weighted by Crippen LogP contribution is -2.50. The minimum atomic E-state index is -0.471. The third kappa shape index (κ3) is 5.27. The van der Waals surface area contributed by atoms with Crippen molar-refractivity contribution in [3.05, 3.63) is 29.8 Å². The number of anilines is 1. The van der Waals surface area contributed by atoms with E-state index < -0.39 is 5.25 Å². The van der Waals surface area contributed by atoms with Crippen LogP contribution >= 0.6 is 11.8 Å². The van der Waals surface area contributed by atoms with Gasteiger partial charge >= 0.3 is 0 Å². The number of likely N-dealkylation sites (tertiary alicyclic amines) is 1. The molecule has 0 aliphatic carbocycles. The van der Waals surface area contributed by atoms with Crippen molar-refractivity contribution in [2.45, 2.75) is 44.0 Å². The largest absolute Gasteiger partial charge is 0.372 e. The zero-order chi connectivity index (χ0) is 22.0. The van der Waals surface area contributed by atoms with Crippen molar-refractivity contribution in [1.82, 2.24) is 9.80 Å². The van der Waals surface area contributed by atoms with Crippen molar-refractivity contribution in [3.63, 3.8) is 0 Å². The molecule has 1 aromatic rings. The molecule has 3 heterocycles. The predicted octanol–water partition coefficient (Wildman–Crippen LogP) is 2.36. The molecule has 3 aliphatic heterocycles. The molecule has 1 unspecified atom stereocenters. The average Bonchev–Trinajstić information content (AvgIpc) is 3.38. The van der Waals surface area contributed by atoms with Crippen LogP contribution in [-0.4, -0.2) is 76.3 Å². The maximum Gasteiger partial charge on any atom is 0.262 e. The Morgan fingerprint density at radius 1 is 1.19 bits per heavy atom. The van der Waals surface area contributed by atoms with Gasteiger partial charge in [0.15, 0.2) is 5.17 Å². The van der Waals surface area contributed by atoms with Gasteiger partial charge in [-0.1, -0.05) is 11.8 Å². The third-order valence-electron chi connectivity index (χ3n) is 5.60. The summed E-state index contributed by atoms with van der Waals surface area (Å²) in [6.45, 7) is 7.41. The van der Waals surface area contributed by atoms with E-state index in [-0.39, 0.29) is 29.7 Å². The van der Waals surface area contributed by atoms with Crippen LogP contribution in [0.2, 0.25) is 0 Å². The van der Waals surface area contributed by atoms with Gasteiger partial charge in [0.1, 0.15) is 5.25 Å². The first kappa shape index (κ1) is 21.8. The Morgan fingerprint density at radius 3 is 2.58 bits per heavy atom. The number of amides is 3. The van der Waals surface area contributed by atoms with E-state index in [0.29, 0.717) is 30.9 Å². The molecule has 2 fully saturated rings. The number of carbonyl (C=O) groups excluding carboxylic acids is 3. The van der Waals surface area contributed by atoms with Gasteiger partial charge in [-0.15, -0.1) is 0 Å². The van der Waals surface area contributed by atoms with E-state index in [0.717, 1.165) is 31.1 Å². The number of nitrogens with zero attached hydrogens (tertiary/aromatic N) is 3. The summed E-state index contributed by atoms with van der Waals surface area (Å²) in [6, 6.07) is 6.86. The van der Waals surface area contributed by atoms with E-state index in [1.54, 1.807) is 29.2 Å². The van der Waals surface area contributed by atoms with Crippen molar-refractivity contribution in [2.75, 3.05) is 38.1 Å². The Hall–Kier alpha value is -2.39. The molecule has 9 heteroatoms. The number of rotatable bonds is 4. The highest BCUT2D eigenvalue weighted by atomic mass is 32.2. The summed E-state index contributed by atoms with van der Waals surface area (Å²) >= 11 is 1.38. The van der Waals surface area contributed by atoms with E-state index in [1.165, 1.54) is 11.8 Å². The van der Waals surface area contributed by atoms with E-state index in [4.69, 9.17) is 4.74 Å². The Morgan fingerprint density at radius 2 is 1.90 bits per heavy atom. The lowest BCUT2D eigenvalue weighted by molar-refractivity contribution is -0.121. The molecule has 1 aromatic carbocycles. The van der Waals surface area contributed by atoms with Gasteiger partial charge in [0, 0.05) is 43.9 Å². The van der Waals surface area contributed by atoms with Crippen LogP contribution in [0, 0.1) is 0 Å². The van der Waals surface area contributed by atoms with Crippen LogP contribution in [0.1, 0.15) is 43.5 Å². The van der Waals surface area contributed by atoms with Crippen LogP contribution in [0.4, 0.5) is 5.69 Å². The second kappa shape index (κ2) is 9.00. The average molecular weight is 445 g/mol. The maximum atomic E-state index is 12.8. The predicted molar refractivity (Wildman–Crippen MR) is 120 cm³/mol. The van der Waals surface area contributed by atoms with Crippen LogP contribution in [0.3, 0.4) is 0 Å². The van der Waals surface area contributed by atoms with Crippen LogP contribution in [0.25, 0.3) is 0 Å². The zero-order valence-corrected chi connectivity index (χ0v) is 18.7. The van der Waals surface area contributed by atoms with Crippen molar-refractivity contribution >= 4 is 40.3 Å². The molecule has 4 rings (SSSR count). The summed E-state index contributed by atoms with van der Waals surface area (Å²) in [4.78, 5) is 45.4. The summed E-state index contributed by atoms with van der Waals surface area (Å²) in [5, 5.41) is 3.09. The van der Waals surface area contributed by atoms with E-state index in [1.807, 2.05) is 13.8 Å². The van der Waals surface area contributed by atoms with E-state index in [9.17, 15) is 14.4 Å². The lowest BCUT2D eigenvalue weighted by Gasteiger charge is -2.38. The first-order valence-corrected chi connectivity index (χ1v) is 11.6. The van der Waals surface area contributed by atoms with Gasteiger partial charge in [-0.3, -0.25) is 14.4 Å². The van der Waals surface area contributed by atoms with Crippen molar-refractivity contribution < 1.29 is 19.1 Å². The molecular weight excluding hydrogens is 416 g/mol. The molecule has 3 amide bonds. The second-order valence-electron chi connectivity index (χ2n) is 8.70. The molecule has 31 heavy (non-hydrogen) atoms. The Balaban J connectivity index is 1.29. The third-order valence-corrected chi connectivity index (χ3v) is 6.82. The molecule has 3 aliphatic rings. The van der Waals surface area contributed by atoms with Gasteiger partial charge in [-0.05, 0) is 51.0 Å². The van der Waals surface area contributed by atoms with Crippen LogP contribution in [-0.2, 0) is 14.3 Å². The summed E-state index contributed by atoms with van der Waals surface area (Å²) in [7, 11) is 0. The van der Waals surface area contributed by atoms with Gasteiger partial charge in [0.2, 0.25) is 5.91 Å². The minimum absolute atomic E-state index is 0.0474. The van der Waals surface area contributed by atoms with E-state index in [2.05, 4.69) is 15.2 Å². The van der Waals surface area contributed by atoms with Gasteiger partial charge in [-0.2, -0.15) is 4.99 Å².